The van der Waals surface area contributed by atoms with E-state index >= 15 is 0 Å². The molecule has 30 heavy (non-hydrogen) atoms. The van der Waals surface area contributed by atoms with Crippen molar-refractivity contribution in [1.29, 1.82) is 0 Å². The number of sulfonamides is 1. The average Bonchev–Trinajstić information content (AvgIpc) is 3.21. The van der Waals surface area contributed by atoms with E-state index in [1.165, 1.54) is 37.5 Å². The summed E-state index contributed by atoms with van der Waals surface area (Å²) in [6.07, 6.45) is 1.43. The summed E-state index contributed by atoms with van der Waals surface area (Å²) >= 11 is 0. The summed E-state index contributed by atoms with van der Waals surface area (Å²) in [6, 6.07) is 14.0. The zero-order valence-corrected chi connectivity index (χ0v) is 17.7. The van der Waals surface area contributed by atoms with Crippen LogP contribution < -0.4 is 4.18 Å². The molecular formula is C20H20FNO6S2. The van der Waals surface area contributed by atoms with Crippen LogP contribution in [0.25, 0.3) is 0 Å². The van der Waals surface area contributed by atoms with Gasteiger partial charge in [-0.15, -0.1) is 0 Å². The van der Waals surface area contributed by atoms with Crippen molar-refractivity contribution in [3.05, 3.63) is 84.1 Å². The molecule has 10 heteroatoms. The number of halogens is 1. The Bertz CT molecular complexity index is 1190. The van der Waals surface area contributed by atoms with Crippen LogP contribution in [0.2, 0.25) is 0 Å². The van der Waals surface area contributed by atoms with Gasteiger partial charge in [0.2, 0.25) is 10.0 Å². The Morgan fingerprint density at radius 1 is 0.967 bits per heavy atom. The fourth-order valence-corrected chi connectivity index (χ4v) is 4.57. The lowest BCUT2D eigenvalue weighted by Gasteiger charge is -2.22. The maximum Gasteiger partial charge on any atom is 0.308 e. The van der Waals surface area contributed by atoms with Gasteiger partial charge in [0.05, 0.1) is 23.5 Å². The van der Waals surface area contributed by atoms with E-state index in [0.29, 0.717) is 11.3 Å². The standard InChI is InChI=1S/C20H20FNO6S2/c1-2-29(23,24)28-18-6-3-5-16(13-18)14-22(15-19-7-4-12-27-19)30(25,26)20-10-8-17(21)9-11-20/h3-13H,2,14-15H2,1H3. The van der Waals surface area contributed by atoms with Crippen LogP contribution in [0.3, 0.4) is 0 Å². The van der Waals surface area contributed by atoms with Gasteiger partial charge in [0.25, 0.3) is 0 Å². The molecule has 0 radical (unpaired) electrons. The van der Waals surface area contributed by atoms with E-state index in [-0.39, 0.29) is 29.5 Å². The smallest absolute Gasteiger partial charge is 0.308 e. The summed E-state index contributed by atoms with van der Waals surface area (Å²) in [5.41, 5.74) is 0.510. The van der Waals surface area contributed by atoms with Crippen molar-refractivity contribution < 1.29 is 29.8 Å². The van der Waals surface area contributed by atoms with Gasteiger partial charge < -0.3 is 8.60 Å². The molecule has 3 aromatic rings. The Morgan fingerprint density at radius 2 is 1.70 bits per heavy atom. The molecular weight excluding hydrogens is 433 g/mol. The molecule has 0 aliphatic rings. The van der Waals surface area contributed by atoms with E-state index in [1.54, 1.807) is 24.3 Å². The van der Waals surface area contributed by atoms with Crippen LogP contribution in [0.15, 0.2) is 76.2 Å². The molecule has 7 nitrogen and oxygen atoms in total. The van der Waals surface area contributed by atoms with E-state index in [9.17, 15) is 21.2 Å². The molecule has 0 unspecified atom stereocenters. The fraction of sp³-hybridized carbons (Fsp3) is 0.200. The predicted molar refractivity (Wildman–Crippen MR) is 108 cm³/mol. The molecule has 0 aliphatic heterocycles. The first-order valence-electron chi connectivity index (χ1n) is 8.99. The molecule has 0 aliphatic carbocycles. The van der Waals surface area contributed by atoms with E-state index < -0.39 is 26.0 Å². The second-order valence-electron chi connectivity index (χ2n) is 6.38. The van der Waals surface area contributed by atoms with Crippen molar-refractivity contribution in [2.45, 2.75) is 24.9 Å². The normalized spacial score (nSPS) is 12.2. The SMILES string of the molecule is CCS(=O)(=O)Oc1cccc(CN(Cc2ccco2)S(=O)(=O)c2ccc(F)cc2)c1. The number of benzene rings is 2. The lowest BCUT2D eigenvalue weighted by Crippen LogP contribution is -2.30. The summed E-state index contributed by atoms with van der Waals surface area (Å²) in [5, 5.41) is 0. The second-order valence-corrected chi connectivity index (χ2v) is 10.2. The number of furan rings is 1. The third-order valence-electron chi connectivity index (χ3n) is 4.20. The predicted octanol–water partition coefficient (Wildman–Crippen LogP) is 3.54. The number of hydrogen-bond acceptors (Lipinski definition) is 6. The minimum absolute atomic E-state index is 0.0644. The molecule has 3 rings (SSSR count). The zero-order chi connectivity index (χ0) is 21.8. The van der Waals surface area contributed by atoms with E-state index in [0.717, 1.165) is 16.4 Å². The van der Waals surface area contributed by atoms with Gasteiger partial charge in [-0.25, -0.2) is 12.8 Å². The fourth-order valence-electron chi connectivity index (χ4n) is 2.66. The van der Waals surface area contributed by atoms with Gasteiger partial charge in [0, 0.05) is 6.54 Å². The third-order valence-corrected chi connectivity index (χ3v) is 7.16. The number of rotatable bonds is 9. The van der Waals surface area contributed by atoms with Crippen molar-refractivity contribution in [2.75, 3.05) is 5.75 Å². The van der Waals surface area contributed by atoms with Gasteiger partial charge in [-0.1, -0.05) is 12.1 Å². The van der Waals surface area contributed by atoms with Gasteiger partial charge in [0.15, 0.2) is 0 Å². The number of hydrogen-bond donors (Lipinski definition) is 0. The minimum atomic E-state index is -4.00. The highest BCUT2D eigenvalue weighted by atomic mass is 32.2. The highest BCUT2D eigenvalue weighted by Gasteiger charge is 2.26. The lowest BCUT2D eigenvalue weighted by atomic mass is 10.2. The first kappa shape index (κ1) is 22.0. The summed E-state index contributed by atoms with van der Waals surface area (Å²) in [5.74, 6) is -0.234. The van der Waals surface area contributed by atoms with Gasteiger partial charge in [-0.05, 0) is 61.0 Å². The molecule has 0 N–H and O–H groups in total. The third kappa shape index (κ3) is 5.47. The molecule has 160 valence electrons. The van der Waals surface area contributed by atoms with Crippen LogP contribution >= 0.6 is 0 Å². The lowest BCUT2D eigenvalue weighted by molar-refractivity contribution is 0.358. The summed E-state index contributed by atoms with van der Waals surface area (Å²) in [4.78, 5) is -0.0728. The van der Waals surface area contributed by atoms with Crippen LogP contribution in [-0.2, 0) is 33.2 Å². The van der Waals surface area contributed by atoms with Gasteiger partial charge in [-0.2, -0.15) is 12.7 Å². The van der Waals surface area contributed by atoms with Crippen LogP contribution in [-0.4, -0.2) is 26.9 Å². The topological polar surface area (TPSA) is 93.9 Å². The molecule has 0 fully saturated rings. The van der Waals surface area contributed by atoms with Gasteiger partial charge in [0.1, 0.15) is 17.3 Å². The Hall–Kier alpha value is -2.69. The highest BCUT2D eigenvalue weighted by Crippen LogP contribution is 2.24. The van der Waals surface area contributed by atoms with Crippen LogP contribution in [0.1, 0.15) is 18.2 Å². The van der Waals surface area contributed by atoms with Crippen molar-refractivity contribution in [2.24, 2.45) is 0 Å². The first-order chi connectivity index (χ1) is 14.2. The Kier molecular flexibility index (Phi) is 6.59. The molecule has 0 amide bonds. The zero-order valence-electron chi connectivity index (χ0n) is 16.1. The highest BCUT2D eigenvalue weighted by molar-refractivity contribution is 7.89. The van der Waals surface area contributed by atoms with Crippen LogP contribution in [0.5, 0.6) is 5.75 Å². The van der Waals surface area contributed by atoms with Gasteiger partial charge in [-0.3, -0.25) is 0 Å². The van der Waals surface area contributed by atoms with Gasteiger partial charge >= 0.3 is 10.1 Å². The molecule has 2 aromatic carbocycles. The second kappa shape index (κ2) is 8.99. The largest absolute Gasteiger partial charge is 0.468 e. The monoisotopic (exact) mass is 453 g/mol. The van der Waals surface area contributed by atoms with Crippen molar-refractivity contribution in [3.63, 3.8) is 0 Å². The van der Waals surface area contributed by atoms with Crippen LogP contribution in [0, 0.1) is 5.82 Å². The first-order valence-corrected chi connectivity index (χ1v) is 12.0. The quantitative estimate of drug-likeness (QED) is 0.460. The van der Waals surface area contributed by atoms with E-state index in [2.05, 4.69) is 0 Å². The maximum absolute atomic E-state index is 13.3. The minimum Gasteiger partial charge on any atom is -0.468 e. The molecule has 1 heterocycles. The van der Waals surface area contributed by atoms with E-state index in [1.807, 2.05) is 0 Å². The molecule has 0 spiro atoms. The molecule has 0 saturated heterocycles. The number of nitrogens with zero attached hydrogens (tertiary/aromatic N) is 1. The van der Waals surface area contributed by atoms with Crippen molar-refractivity contribution >= 4 is 20.1 Å². The van der Waals surface area contributed by atoms with E-state index in [4.69, 9.17) is 8.60 Å². The Morgan fingerprint density at radius 3 is 2.33 bits per heavy atom. The Balaban J connectivity index is 1.93. The average molecular weight is 454 g/mol. The molecule has 0 bridgehead atoms. The van der Waals surface area contributed by atoms with Crippen molar-refractivity contribution in [3.8, 4) is 5.75 Å². The summed E-state index contributed by atoms with van der Waals surface area (Å²) in [6.45, 7) is 1.31. The van der Waals surface area contributed by atoms with Crippen molar-refractivity contribution in [1.82, 2.24) is 4.31 Å². The molecule has 1 aromatic heterocycles. The maximum atomic E-state index is 13.3. The van der Waals surface area contributed by atoms with Crippen LogP contribution in [0.4, 0.5) is 4.39 Å². The Labute approximate surface area is 174 Å². The summed E-state index contributed by atoms with van der Waals surface area (Å²) < 4.78 is 74.5. The summed E-state index contributed by atoms with van der Waals surface area (Å²) in [7, 11) is -7.71. The molecule has 0 saturated carbocycles. The molecule has 0 atom stereocenters.